The zero-order valence-corrected chi connectivity index (χ0v) is 15.2. The van der Waals surface area contributed by atoms with E-state index in [1.54, 1.807) is 36.4 Å². The van der Waals surface area contributed by atoms with E-state index in [1.807, 2.05) is 18.2 Å². The highest BCUT2D eigenvalue weighted by Crippen LogP contribution is 2.09. The van der Waals surface area contributed by atoms with Crippen LogP contribution >= 0.6 is 11.6 Å². The predicted octanol–water partition coefficient (Wildman–Crippen LogP) is 2.25. The molecule has 2 aromatic rings. The Hall–Kier alpha value is -2.22. The first-order valence-electron chi connectivity index (χ1n) is 7.41. The summed E-state index contributed by atoms with van der Waals surface area (Å²) in [5.74, 6) is -0.528. The van der Waals surface area contributed by atoms with Crippen LogP contribution < -0.4 is 5.43 Å². The SMILES string of the molecule is CS(=O)(=O)N(CC(=O)N/N=C\c1cccc(Cl)c1)Cc1ccccc1. The highest BCUT2D eigenvalue weighted by molar-refractivity contribution is 7.88. The van der Waals surface area contributed by atoms with Crippen molar-refractivity contribution in [2.75, 3.05) is 12.8 Å². The fourth-order valence-electron chi connectivity index (χ4n) is 2.04. The second-order valence-electron chi connectivity index (χ2n) is 5.36. The van der Waals surface area contributed by atoms with E-state index >= 15 is 0 Å². The van der Waals surface area contributed by atoms with Gasteiger partial charge in [-0.1, -0.05) is 54.1 Å². The third kappa shape index (κ3) is 6.66. The predicted molar refractivity (Wildman–Crippen MR) is 98.9 cm³/mol. The van der Waals surface area contributed by atoms with Crippen molar-refractivity contribution in [3.05, 3.63) is 70.7 Å². The number of halogens is 1. The summed E-state index contributed by atoms with van der Waals surface area (Å²) in [6.07, 6.45) is 2.50. The molecule has 0 heterocycles. The van der Waals surface area contributed by atoms with Crippen LogP contribution in [-0.4, -0.2) is 37.6 Å². The summed E-state index contributed by atoms with van der Waals surface area (Å²) >= 11 is 5.86. The molecule has 0 aliphatic carbocycles. The summed E-state index contributed by atoms with van der Waals surface area (Å²) in [5.41, 5.74) is 3.83. The Kier molecular flexibility index (Phi) is 6.69. The number of rotatable bonds is 7. The van der Waals surface area contributed by atoms with Gasteiger partial charge in [-0.15, -0.1) is 0 Å². The lowest BCUT2D eigenvalue weighted by molar-refractivity contribution is -0.121. The molecule has 0 aliphatic rings. The van der Waals surface area contributed by atoms with Crippen molar-refractivity contribution in [2.24, 2.45) is 5.10 Å². The second kappa shape index (κ2) is 8.75. The van der Waals surface area contributed by atoms with Gasteiger partial charge in [0.15, 0.2) is 0 Å². The van der Waals surface area contributed by atoms with Crippen LogP contribution in [0.15, 0.2) is 59.7 Å². The molecular formula is C17H18ClN3O3S. The number of nitrogens with zero attached hydrogens (tertiary/aromatic N) is 2. The average Bonchev–Trinajstić information content (AvgIpc) is 2.54. The summed E-state index contributed by atoms with van der Waals surface area (Å²) in [6, 6.07) is 16.0. The van der Waals surface area contributed by atoms with Gasteiger partial charge in [0.1, 0.15) is 0 Å². The minimum atomic E-state index is -3.54. The van der Waals surface area contributed by atoms with Gasteiger partial charge in [-0.3, -0.25) is 4.79 Å². The van der Waals surface area contributed by atoms with Gasteiger partial charge in [0, 0.05) is 11.6 Å². The third-order valence-electron chi connectivity index (χ3n) is 3.24. The highest BCUT2D eigenvalue weighted by atomic mass is 35.5. The van der Waals surface area contributed by atoms with Crippen LogP contribution in [-0.2, 0) is 21.4 Å². The minimum Gasteiger partial charge on any atom is -0.272 e. The Labute approximate surface area is 152 Å². The van der Waals surface area contributed by atoms with Gasteiger partial charge in [0.25, 0.3) is 5.91 Å². The van der Waals surface area contributed by atoms with Crippen LogP contribution in [0.25, 0.3) is 0 Å². The summed E-state index contributed by atoms with van der Waals surface area (Å²) in [6.45, 7) is -0.203. The van der Waals surface area contributed by atoms with Gasteiger partial charge in [-0.2, -0.15) is 9.41 Å². The van der Waals surface area contributed by atoms with Crippen LogP contribution in [0, 0.1) is 0 Å². The first-order chi connectivity index (χ1) is 11.8. The summed E-state index contributed by atoms with van der Waals surface area (Å²) < 4.78 is 24.9. The molecule has 0 atom stereocenters. The number of nitrogens with one attached hydrogen (secondary N) is 1. The molecule has 1 amide bonds. The lowest BCUT2D eigenvalue weighted by Crippen LogP contribution is -2.38. The number of sulfonamides is 1. The number of hydrogen-bond acceptors (Lipinski definition) is 4. The van der Waals surface area contributed by atoms with Gasteiger partial charge in [-0.05, 0) is 23.3 Å². The van der Waals surface area contributed by atoms with Crippen LogP contribution in [0.2, 0.25) is 5.02 Å². The topological polar surface area (TPSA) is 78.8 Å². The standard InChI is InChI=1S/C17H18ClN3O3S/c1-25(23,24)21(12-14-6-3-2-4-7-14)13-17(22)20-19-11-15-8-5-9-16(18)10-15/h2-11H,12-13H2,1H3,(H,20,22)/b19-11-. The van der Waals surface area contributed by atoms with Crippen molar-refractivity contribution >= 4 is 33.7 Å². The van der Waals surface area contributed by atoms with E-state index in [0.717, 1.165) is 21.7 Å². The Balaban J connectivity index is 1.97. The quantitative estimate of drug-likeness (QED) is 0.592. The molecule has 2 aromatic carbocycles. The molecule has 0 aromatic heterocycles. The van der Waals surface area contributed by atoms with Crippen LogP contribution in [0.3, 0.4) is 0 Å². The van der Waals surface area contributed by atoms with E-state index in [0.29, 0.717) is 5.02 Å². The molecule has 132 valence electrons. The number of benzene rings is 2. The molecule has 0 aliphatic heterocycles. The molecule has 0 spiro atoms. The van der Waals surface area contributed by atoms with Gasteiger partial charge in [0.2, 0.25) is 10.0 Å². The maximum Gasteiger partial charge on any atom is 0.255 e. The lowest BCUT2D eigenvalue weighted by Gasteiger charge is -2.18. The molecule has 0 radical (unpaired) electrons. The number of hydrogen-bond donors (Lipinski definition) is 1. The van der Waals surface area contributed by atoms with Crippen LogP contribution in [0.1, 0.15) is 11.1 Å². The van der Waals surface area contributed by atoms with Crippen molar-refractivity contribution in [1.82, 2.24) is 9.73 Å². The maximum absolute atomic E-state index is 12.0. The molecule has 0 saturated heterocycles. The monoisotopic (exact) mass is 379 g/mol. The van der Waals surface area contributed by atoms with Crippen molar-refractivity contribution in [1.29, 1.82) is 0 Å². The Morgan fingerprint density at radius 2 is 1.92 bits per heavy atom. The van der Waals surface area contributed by atoms with Crippen molar-refractivity contribution in [3.63, 3.8) is 0 Å². The van der Waals surface area contributed by atoms with E-state index in [-0.39, 0.29) is 13.1 Å². The molecule has 8 heteroatoms. The van der Waals surface area contributed by atoms with Crippen molar-refractivity contribution < 1.29 is 13.2 Å². The molecule has 6 nitrogen and oxygen atoms in total. The zero-order chi connectivity index (χ0) is 18.3. The number of carbonyl (C=O) groups excluding carboxylic acids is 1. The maximum atomic E-state index is 12.0. The van der Waals surface area contributed by atoms with Gasteiger partial charge in [-0.25, -0.2) is 13.8 Å². The summed E-state index contributed by atoms with van der Waals surface area (Å²) in [7, 11) is -3.54. The third-order valence-corrected chi connectivity index (χ3v) is 4.67. The first-order valence-corrected chi connectivity index (χ1v) is 9.64. The zero-order valence-electron chi connectivity index (χ0n) is 13.6. The molecule has 0 bridgehead atoms. The largest absolute Gasteiger partial charge is 0.272 e. The van der Waals surface area contributed by atoms with E-state index in [1.165, 1.54) is 6.21 Å². The Morgan fingerprint density at radius 1 is 1.20 bits per heavy atom. The van der Waals surface area contributed by atoms with Crippen molar-refractivity contribution in [2.45, 2.75) is 6.54 Å². The smallest absolute Gasteiger partial charge is 0.255 e. The number of hydrazone groups is 1. The molecule has 25 heavy (non-hydrogen) atoms. The molecule has 2 rings (SSSR count). The van der Waals surface area contributed by atoms with E-state index < -0.39 is 15.9 Å². The van der Waals surface area contributed by atoms with Gasteiger partial charge in [0.05, 0.1) is 19.0 Å². The molecule has 0 unspecified atom stereocenters. The summed E-state index contributed by atoms with van der Waals surface area (Å²) in [5, 5.41) is 4.38. The highest BCUT2D eigenvalue weighted by Gasteiger charge is 2.20. The van der Waals surface area contributed by atoms with Crippen LogP contribution in [0.5, 0.6) is 0 Å². The van der Waals surface area contributed by atoms with E-state index in [4.69, 9.17) is 11.6 Å². The number of amides is 1. The Morgan fingerprint density at radius 3 is 2.56 bits per heavy atom. The average molecular weight is 380 g/mol. The first kappa shape index (κ1) is 19.1. The fourth-order valence-corrected chi connectivity index (χ4v) is 2.97. The van der Waals surface area contributed by atoms with Crippen molar-refractivity contribution in [3.8, 4) is 0 Å². The van der Waals surface area contributed by atoms with Gasteiger partial charge < -0.3 is 0 Å². The van der Waals surface area contributed by atoms with Gasteiger partial charge >= 0.3 is 0 Å². The minimum absolute atomic E-state index is 0.116. The van der Waals surface area contributed by atoms with E-state index in [9.17, 15) is 13.2 Å². The number of carbonyl (C=O) groups is 1. The Bertz CT molecular complexity index is 854. The normalized spacial score (nSPS) is 11.8. The lowest BCUT2D eigenvalue weighted by atomic mass is 10.2. The second-order valence-corrected chi connectivity index (χ2v) is 7.78. The molecule has 0 saturated carbocycles. The van der Waals surface area contributed by atoms with Crippen LogP contribution in [0.4, 0.5) is 0 Å². The molecule has 0 fully saturated rings. The summed E-state index contributed by atoms with van der Waals surface area (Å²) in [4.78, 5) is 12.0. The molecular weight excluding hydrogens is 362 g/mol. The fraction of sp³-hybridized carbons (Fsp3) is 0.176. The van der Waals surface area contributed by atoms with E-state index in [2.05, 4.69) is 10.5 Å². The molecule has 1 N–H and O–H groups in total.